The van der Waals surface area contributed by atoms with E-state index in [0.717, 1.165) is 30.5 Å². The number of benzene rings is 1. The number of carbonyl (C=O) groups is 1. The van der Waals surface area contributed by atoms with Crippen molar-refractivity contribution in [2.24, 2.45) is 5.10 Å². The summed E-state index contributed by atoms with van der Waals surface area (Å²) in [6.45, 7) is 5.97. The molecule has 0 radical (unpaired) electrons. The maximum absolute atomic E-state index is 11.7. The van der Waals surface area contributed by atoms with Crippen molar-refractivity contribution in [2.75, 3.05) is 12.0 Å². The molecule has 1 rings (SSSR count). The highest BCUT2D eigenvalue weighted by atomic mass is 16.1. The molecule has 1 aromatic carbocycles. The van der Waals surface area contributed by atoms with Crippen molar-refractivity contribution < 1.29 is 4.79 Å². The molecule has 0 spiro atoms. The molecule has 0 saturated heterocycles. The number of amides is 1. The average Bonchev–Trinajstić information content (AvgIpc) is 2.55. The van der Waals surface area contributed by atoms with Crippen LogP contribution in [0.1, 0.15) is 31.7 Å². The minimum Gasteiger partial charge on any atom is -0.347 e. The van der Waals surface area contributed by atoms with Crippen molar-refractivity contribution in [1.82, 2.24) is 5.32 Å². The van der Waals surface area contributed by atoms with Crippen LogP contribution < -0.4 is 10.7 Å². The highest BCUT2D eigenvalue weighted by Crippen LogP contribution is 2.17. The van der Waals surface area contributed by atoms with Gasteiger partial charge in [0.1, 0.15) is 6.07 Å². The summed E-state index contributed by atoms with van der Waals surface area (Å²) in [6, 6.07) is 9.57. The van der Waals surface area contributed by atoms with Crippen LogP contribution in [0.5, 0.6) is 0 Å². The SMILES string of the molecule is C=CCNC(=O)C(C#N)=NNc1ccccc1CCCCC. The maximum Gasteiger partial charge on any atom is 0.282 e. The zero-order valence-electron chi connectivity index (χ0n) is 12.9. The number of nitrogens with one attached hydrogen (secondary N) is 2. The minimum atomic E-state index is -0.515. The molecule has 0 bridgehead atoms. The third-order valence-corrected chi connectivity index (χ3v) is 3.08. The standard InChI is InChI=1S/C17H22N4O/c1-3-5-6-9-14-10-7-8-11-15(14)20-21-16(13-18)17(22)19-12-4-2/h4,7-8,10-11,20H,2-3,5-6,9,12H2,1H3,(H,19,22). The summed E-state index contributed by atoms with van der Waals surface area (Å²) < 4.78 is 0. The predicted octanol–water partition coefficient (Wildman–Crippen LogP) is 3.01. The number of para-hydroxylation sites is 1. The number of hydrogen-bond donors (Lipinski definition) is 2. The van der Waals surface area contributed by atoms with Crippen LogP contribution in [0, 0.1) is 11.3 Å². The molecule has 0 aliphatic carbocycles. The second kappa shape index (κ2) is 10.2. The Labute approximate surface area is 131 Å². The van der Waals surface area contributed by atoms with Crippen LogP contribution in [0.25, 0.3) is 0 Å². The van der Waals surface area contributed by atoms with Gasteiger partial charge in [0.25, 0.3) is 5.91 Å². The Hall–Kier alpha value is -2.61. The van der Waals surface area contributed by atoms with Gasteiger partial charge in [-0.05, 0) is 24.5 Å². The molecule has 0 unspecified atom stereocenters. The molecule has 0 heterocycles. The van der Waals surface area contributed by atoms with E-state index in [2.05, 4.69) is 29.3 Å². The van der Waals surface area contributed by atoms with Gasteiger partial charge >= 0.3 is 0 Å². The lowest BCUT2D eigenvalue weighted by atomic mass is 10.1. The number of unbranched alkanes of at least 4 members (excludes halogenated alkanes) is 2. The number of hydrogen-bond acceptors (Lipinski definition) is 4. The van der Waals surface area contributed by atoms with Gasteiger partial charge in [-0.15, -0.1) is 6.58 Å². The Bertz CT molecular complexity index is 572. The summed E-state index contributed by atoms with van der Waals surface area (Å²) in [5.41, 5.74) is 4.57. The number of hydrazone groups is 1. The van der Waals surface area contributed by atoms with Gasteiger partial charge in [-0.2, -0.15) is 10.4 Å². The zero-order valence-corrected chi connectivity index (χ0v) is 12.9. The number of nitrogens with zero attached hydrogens (tertiary/aromatic N) is 2. The second-order valence-corrected chi connectivity index (χ2v) is 4.80. The molecule has 0 fully saturated rings. The Kier molecular flexibility index (Phi) is 8.06. The molecule has 5 nitrogen and oxygen atoms in total. The smallest absolute Gasteiger partial charge is 0.282 e. The summed E-state index contributed by atoms with van der Waals surface area (Å²) >= 11 is 0. The third kappa shape index (κ3) is 5.80. The third-order valence-electron chi connectivity index (χ3n) is 3.08. The molecule has 0 saturated carbocycles. The number of carbonyl (C=O) groups excluding carboxylic acids is 1. The Morgan fingerprint density at radius 3 is 2.86 bits per heavy atom. The monoisotopic (exact) mass is 298 g/mol. The van der Waals surface area contributed by atoms with Gasteiger partial charge in [-0.1, -0.05) is 44.0 Å². The molecule has 2 N–H and O–H groups in total. The van der Waals surface area contributed by atoms with E-state index in [1.54, 1.807) is 12.1 Å². The topological polar surface area (TPSA) is 77.3 Å². The van der Waals surface area contributed by atoms with Gasteiger partial charge in [-0.25, -0.2) is 0 Å². The number of rotatable bonds is 9. The molecule has 1 amide bonds. The fourth-order valence-corrected chi connectivity index (χ4v) is 1.90. The van der Waals surface area contributed by atoms with Crippen LogP contribution in [0.2, 0.25) is 0 Å². The molecular formula is C17H22N4O. The van der Waals surface area contributed by atoms with Crippen LogP contribution in [0.15, 0.2) is 42.0 Å². The number of nitriles is 1. The highest BCUT2D eigenvalue weighted by Gasteiger charge is 2.10. The molecular weight excluding hydrogens is 276 g/mol. The fraction of sp³-hybridized carbons (Fsp3) is 0.353. The minimum absolute atomic E-state index is 0.204. The Morgan fingerprint density at radius 2 is 2.18 bits per heavy atom. The van der Waals surface area contributed by atoms with E-state index in [9.17, 15) is 4.79 Å². The van der Waals surface area contributed by atoms with Gasteiger partial charge in [0.05, 0.1) is 5.69 Å². The number of anilines is 1. The van der Waals surface area contributed by atoms with E-state index in [1.807, 2.05) is 24.3 Å². The van der Waals surface area contributed by atoms with E-state index in [-0.39, 0.29) is 5.71 Å². The molecule has 116 valence electrons. The van der Waals surface area contributed by atoms with Crippen LogP contribution in [-0.2, 0) is 11.2 Å². The van der Waals surface area contributed by atoms with Crippen molar-refractivity contribution in [3.05, 3.63) is 42.5 Å². The van der Waals surface area contributed by atoms with E-state index >= 15 is 0 Å². The van der Waals surface area contributed by atoms with Crippen molar-refractivity contribution in [3.8, 4) is 6.07 Å². The molecule has 5 heteroatoms. The molecule has 22 heavy (non-hydrogen) atoms. The van der Waals surface area contributed by atoms with Gasteiger partial charge in [0.2, 0.25) is 5.71 Å². The van der Waals surface area contributed by atoms with Crippen LogP contribution >= 0.6 is 0 Å². The largest absolute Gasteiger partial charge is 0.347 e. The Morgan fingerprint density at radius 1 is 1.41 bits per heavy atom. The van der Waals surface area contributed by atoms with E-state index in [1.165, 1.54) is 6.42 Å². The van der Waals surface area contributed by atoms with Crippen LogP contribution in [0.4, 0.5) is 5.69 Å². The van der Waals surface area contributed by atoms with Gasteiger partial charge in [0, 0.05) is 6.54 Å². The van der Waals surface area contributed by atoms with E-state index < -0.39 is 5.91 Å². The summed E-state index contributed by atoms with van der Waals surface area (Å²) in [6.07, 6.45) is 5.92. The lowest BCUT2D eigenvalue weighted by Crippen LogP contribution is -2.30. The molecule has 0 aliphatic heterocycles. The first-order valence-corrected chi connectivity index (χ1v) is 7.43. The van der Waals surface area contributed by atoms with E-state index in [0.29, 0.717) is 6.54 Å². The van der Waals surface area contributed by atoms with Crippen molar-refractivity contribution in [1.29, 1.82) is 5.26 Å². The summed E-state index contributed by atoms with van der Waals surface area (Å²) in [5.74, 6) is -0.515. The van der Waals surface area contributed by atoms with Crippen LogP contribution in [0.3, 0.4) is 0 Å². The molecule has 0 aliphatic rings. The van der Waals surface area contributed by atoms with Crippen molar-refractivity contribution in [3.63, 3.8) is 0 Å². The molecule has 1 aromatic rings. The number of aryl methyl sites for hydroxylation is 1. The zero-order chi connectivity index (χ0) is 16.2. The van der Waals surface area contributed by atoms with Crippen LogP contribution in [-0.4, -0.2) is 18.2 Å². The van der Waals surface area contributed by atoms with Gasteiger partial charge in [-0.3, -0.25) is 10.2 Å². The first-order chi connectivity index (χ1) is 10.7. The Balaban J connectivity index is 2.76. The summed E-state index contributed by atoms with van der Waals surface area (Å²) in [7, 11) is 0. The normalized spacial score (nSPS) is 10.6. The first kappa shape index (κ1) is 17.4. The lowest BCUT2D eigenvalue weighted by molar-refractivity contribution is -0.114. The molecule has 0 aromatic heterocycles. The van der Waals surface area contributed by atoms with Gasteiger partial charge < -0.3 is 5.32 Å². The predicted molar refractivity (Wildman–Crippen MR) is 89.5 cm³/mol. The summed E-state index contributed by atoms with van der Waals surface area (Å²) in [4.78, 5) is 11.7. The van der Waals surface area contributed by atoms with Crippen molar-refractivity contribution in [2.45, 2.75) is 32.6 Å². The first-order valence-electron chi connectivity index (χ1n) is 7.43. The van der Waals surface area contributed by atoms with E-state index in [4.69, 9.17) is 5.26 Å². The quantitative estimate of drug-likeness (QED) is 0.318. The average molecular weight is 298 g/mol. The van der Waals surface area contributed by atoms with Crippen molar-refractivity contribution >= 4 is 17.3 Å². The highest BCUT2D eigenvalue weighted by molar-refractivity contribution is 6.45. The second-order valence-electron chi connectivity index (χ2n) is 4.80. The lowest BCUT2D eigenvalue weighted by Gasteiger charge is -2.08. The van der Waals surface area contributed by atoms with Gasteiger partial charge in [0.15, 0.2) is 0 Å². The summed E-state index contributed by atoms with van der Waals surface area (Å²) in [5, 5.41) is 15.4. The molecule has 0 atom stereocenters. The maximum atomic E-state index is 11.7. The fourth-order valence-electron chi connectivity index (χ4n) is 1.90.